The van der Waals surface area contributed by atoms with Crippen LogP contribution in [0.4, 0.5) is 11.4 Å². The van der Waals surface area contributed by atoms with E-state index < -0.39 is 0 Å². The van der Waals surface area contributed by atoms with Crippen molar-refractivity contribution in [1.29, 1.82) is 0 Å². The molecule has 122 valence electrons. The molecule has 5 nitrogen and oxygen atoms in total. The summed E-state index contributed by atoms with van der Waals surface area (Å²) in [4.78, 5) is 12.1. The van der Waals surface area contributed by atoms with E-state index >= 15 is 0 Å². The third-order valence-electron chi connectivity index (χ3n) is 3.05. The topological polar surface area (TPSA) is 59.6 Å². The third-order valence-corrected chi connectivity index (χ3v) is 3.98. The van der Waals surface area contributed by atoms with Crippen LogP contribution in [0.3, 0.4) is 0 Å². The van der Waals surface area contributed by atoms with Crippen molar-refractivity contribution in [2.75, 3.05) is 31.4 Å². The van der Waals surface area contributed by atoms with E-state index in [1.165, 1.54) is 7.11 Å². The van der Waals surface area contributed by atoms with Crippen LogP contribution >= 0.6 is 27.5 Å². The Morgan fingerprint density at radius 2 is 1.91 bits per heavy atom. The quantitative estimate of drug-likeness (QED) is 0.765. The van der Waals surface area contributed by atoms with Crippen molar-refractivity contribution in [2.24, 2.45) is 0 Å². The number of hydrogen-bond donors (Lipinski definition) is 2. The van der Waals surface area contributed by atoms with E-state index in [4.69, 9.17) is 21.1 Å². The lowest BCUT2D eigenvalue weighted by Crippen LogP contribution is -2.22. The van der Waals surface area contributed by atoms with Gasteiger partial charge in [0.1, 0.15) is 11.5 Å². The molecule has 0 aliphatic heterocycles. The molecule has 2 rings (SSSR count). The van der Waals surface area contributed by atoms with Crippen LogP contribution in [0.1, 0.15) is 0 Å². The predicted octanol–water partition coefficient (Wildman–Crippen LogP) is 4.17. The Balaban J connectivity index is 2.02. The van der Waals surface area contributed by atoms with Crippen LogP contribution in [-0.2, 0) is 4.79 Å². The van der Waals surface area contributed by atoms with Crippen LogP contribution in [0.25, 0.3) is 0 Å². The van der Waals surface area contributed by atoms with E-state index in [2.05, 4.69) is 26.6 Å². The number of rotatable bonds is 6. The standard InChI is InChI=1S/C16H16BrClN2O3/c1-22-11-4-5-12(17)13(8-11)19-9-16(21)20-14-7-10(18)3-6-15(14)23-2/h3-8,19H,9H2,1-2H3,(H,20,21). The van der Waals surface area contributed by atoms with Gasteiger partial charge in [-0.25, -0.2) is 0 Å². The highest BCUT2D eigenvalue weighted by Gasteiger charge is 2.09. The number of anilines is 2. The molecule has 0 aliphatic rings. The summed E-state index contributed by atoms with van der Waals surface area (Å²) < 4.78 is 11.2. The molecule has 0 fully saturated rings. The monoisotopic (exact) mass is 398 g/mol. The van der Waals surface area contributed by atoms with Crippen molar-refractivity contribution in [3.8, 4) is 11.5 Å². The molecule has 2 N–H and O–H groups in total. The number of methoxy groups -OCH3 is 2. The van der Waals surface area contributed by atoms with Gasteiger partial charge in [0.05, 0.1) is 32.1 Å². The average Bonchev–Trinajstić information content (AvgIpc) is 2.54. The molecule has 0 saturated carbocycles. The van der Waals surface area contributed by atoms with E-state index in [1.807, 2.05) is 12.1 Å². The average molecular weight is 400 g/mol. The van der Waals surface area contributed by atoms with Crippen LogP contribution in [0.2, 0.25) is 5.02 Å². The van der Waals surface area contributed by atoms with Gasteiger partial charge in [-0.05, 0) is 46.3 Å². The molecule has 7 heteroatoms. The van der Waals surface area contributed by atoms with Gasteiger partial charge in [0.25, 0.3) is 0 Å². The summed E-state index contributed by atoms with van der Waals surface area (Å²) in [7, 11) is 3.12. The molecule has 0 atom stereocenters. The molecule has 1 amide bonds. The summed E-state index contributed by atoms with van der Waals surface area (Å²) in [6.07, 6.45) is 0. The van der Waals surface area contributed by atoms with Gasteiger partial charge in [-0.15, -0.1) is 0 Å². The Labute approximate surface area is 148 Å². The molecule has 2 aromatic rings. The number of nitrogens with one attached hydrogen (secondary N) is 2. The van der Waals surface area contributed by atoms with Crippen molar-refractivity contribution in [3.63, 3.8) is 0 Å². The van der Waals surface area contributed by atoms with Crippen LogP contribution in [0, 0.1) is 0 Å². The summed E-state index contributed by atoms with van der Waals surface area (Å²) in [5, 5.41) is 6.33. The van der Waals surface area contributed by atoms with Crippen molar-refractivity contribution in [3.05, 3.63) is 45.9 Å². The molecule has 0 radical (unpaired) electrons. The zero-order chi connectivity index (χ0) is 16.8. The first kappa shape index (κ1) is 17.4. The number of benzene rings is 2. The van der Waals surface area contributed by atoms with Crippen LogP contribution in [0.5, 0.6) is 11.5 Å². The Morgan fingerprint density at radius 1 is 1.13 bits per heavy atom. The van der Waals surface area contributed by atoms with Crippen molar-refractivity contribution < 1.29 is 14.3 Å². The first-order valence-corrected chi connectivity index (χ1v) is 7.91. The third kappa shape index (κ3) is 4.77. The Bertz CT molecular complexity index is 710. The molecule has 23 heavy (non-hydrogen) atoms. The first-order valence-electron chi connectivity index (χ1n) is 6.74. The maximum Gasteiger partial charge on any atom is 0.243 e. The minimum Gasteiger partial charge on any atom is -0.497 e. The first-order chi connectivity index (χ1) is 11.0. The fourth-order valence-corrected chi connectivity index (χ4v) is 2.47. The molecular weight excluding hydrogens is 384 g/mol. The highest BCUT2D eigenvalue weighted by molar-refractivity contribution is 9.10. The van der Waals surface area contributed by atoms with E-state index in [1.54, 1.807) is 31.4 Å². The molecule has 0 bridgehead atoms. The highest BCUT2D eigenvalue weighted by atomic mass is 79.9. The molecular formula is C16H16BrClN2O3. The minimum atomic E-state index is -0.222. The Kier molecular flexibility index (Phi) is 6.12. The number of amides is 1. The Morgan fingerprint density at radius 3 is 2.61 bits per heavy atom. The molecule has 2 aromatic carbocycles. The fraction of sp³-hybridized carbons (Fsp3) is 0.188. The molecule has 0 aliphatic carbocycles. The summed E-state index contributed by atoms with van der Waals surface area (Å²) in [6, 6.07) is 10.5. The van der Waals surface area contributed by atoms with Crippen molar-refractivity contribution >= 4 is 44.8 Å². The number of hydrogen-bond acceptors (Lipinski definition) is 4. The molecule has 0 aromatic heterocycles. The Hall–Kier alpha value is -1.92. The highest BCUT2D eigenvalue weighted by Crippen LogP contribution is 2.28. The lowest BCUT2D eigenvalue weighted by atomic mass is 10.3. The summed E-state index contributed by atoms with van der Waals surface area (Å²) in [5.41, 5.74) is 1.29. The minimum absolute atomic E-state index is 0.0848. The smallest absolute Gasteiger partial charge is 0.243 e. The molecule has 0 spiro atoms. The van der Waals surface area contributed by atoms with Gasteiger partial charge in [-0.2, -0.15) is 0 Å². The van der Waals surface area contributed by atoms with Crippen molar-refractivity contribution in [1.82, 2.24) is 0 Å². The van der Waals surface area contributed by atoms with Crippen LogP contribution < -0.4 is 20.1 Å². The van der Waals surface area contributed by atoms with E-state index in [-0.39, 0.29) is 12.5 Å². The lowest BCUT2D eigenvalue weighted by molar-refractivity contribution is -0.114. The summed E-state index contributed by atoms with van der Waals surface area (Å²) in [6.45, 7) is 0.0848. The van der Waals surface area contributed by atoms with Crippen LogP contribution in [0.15, 0.2) is 40.9 Å². The summed E-state index contributed by atoms with van der Waals surface area (Å²) >= 11 is 9.36. The van der Waals surface area contributed by atoms with E-state index in [0.29, 0.717) is 22.2 Å². The second-order valence-electron chi connectivity index (χ2n) is 4.59. The number of halogens is 2. The maximum atomic E-state index is 12.1. The second-order valence-corrected chi connectivity index (χ2v) is 5.88. The van der Waals surface area contributed by atoms with Gasteiger partial charge in [0, 0.05) is 15.6 Å². The summed E-state index contributed by atoms with van der Waals surface area (Å²) in [5.74, 6) is 1.03. The second kappa shape index (κ2) is 8.08. The van der Waals surface area contributed by atoms with Crippen LogP contribution in [-0.4, -0.2) is 26.7 Å². The number of carbonyl (C=O) groups excluding carboxylic acids is 1. The number of ether oxygens (including phenoxy) is 2. The zero-order valence-electron chi connectivity index (χ0n) is 12.7. The van der Waals surface area contributed by atoms with Gasteiger partial charge in [0.15, 0.2) is 0 Å². The largest absolute Gasteiger partial charge is 0.497 e. The zero-order valence-corrected chi connectivity index (χ0v) is 15.0. The predicted molar refractivity (Wildman–Crippen MR) is 95.8 cm³/mol. The van der Waals surface area contributed by atoms with Gasteiger partial charge >= 0.3 is 0 Å². The van der Waals surface area contributed by atoms with Gasteiger partial charge in [0.2, 0.25) is 5.91 Å². The maximum absolute atomic E-state index is 12.1. The molecule has 0 saturated heterocycles. The molecule has 0 unspecified atom stereocenters. The van der Waals surface area contributed by atoms with Crippen molar-refractivity contribution in [2.45, 2.75) is 0 Å². The SMILES string of the molecule is COc1ccc(Br)c(NCC(=O)Nc2cc(Cl)ccc2OC)c1. The normalized spacial score (nSPS) is 10.1. The van der Waals surface area contributed by atoms with E-state index in [0.717, 1.165) is 10.2 Å². The van der Waals surface area contributed by atoms with E-state index in [9.17, 15) is 4.79 Å². The van der Waals surface area contributed by atoms with Gasteiger partial charge in [-0.3, -0.25) is 4.79 Å². The number of carbonyl (C=O) groups is 1. The lowest BCUT2D eigenvalue weighted by Gasteiger charge is -2.12. The van der Waals surface area contributed by atoms with Gasteiger partial charge < -0.3 is 20.1 Å². The molecule has 0 heterocycles. The fourth-order valence-electron chi connectivity index (χ4n) is 1.91. The van der Waals surface area contributed by atoms with Gasteiger partial charge in [-0.1, -0.05) is 11.6 Å².